The van der Waals surface area contributed by atoms with E-state index in [1.165, 1.54) is 7.11 Å². The molecule has 0 aromatic heterocycles. The molecular formula is C16H15NO3. The lowest BCUT2D eigenvalue weighted by Crippen LogP contribution is -2.09. The summed E-state index contributed by atoms with van der Waals surface area (Å²) in [4.78, 5) is 0. The predicted octanol–water partition coefficient (Wildman–Crippen LogP) is 2.68. The number of hydrogen-bond donors (Lipinski definition) is 1. The molecule has 0 fully saturated rings. The van der Waals surface area contributed by atoms with Crippen LogP contribution in [0, 0.1) is 11.3 Å². The van der Waals surface area contributed by atoms with Crippen molar-refractivity contribution < 1.29 is 14.6 Å². The van der Waals surface area contributed by atoms with Crippen molar-refractivity contribution in [2.45, 2.75) is 6.10 Å². The molecule has 0 bridgehead atoms. The van der Waals surface area contributed by atoms with Gasteiger partial charge in [-0.2, -0.15) is 5.26 Å². The van der Waals surface area contributed by atoms with Crippen molar-refractivity contribution in [2.75, 3.05) is 13.7 Å². The highest BCUT2D eigenvalue weighted by Crippen LogP contribution is 2.23. The van der Waals surface area contributed by atoms with Crippen LogP contribution in [-0.2, 0) is 0 Å². The Labute approximate surface area is 117 Å². The van der Waals surface area contributed by atoms with Crippen molar-refractivity contribution in [3.05, 3.63) is 59.7 Å². The summed E-state index contributed by atoms with van der Waals surface area (Å²) in [5.74, 6) is 1.05. The Morgan fingerprint density at radius 3 is 2.50 bits per heavy atom. The number of aliphatic hydroxyl groups is 1. The summed E-state index contributed by atoms with van der Waals surface area (Å²) in [6.07, 6.45) is -0.715. The van der Waals surface area contributed by atoms with E-state index in [-0.39, 0.29) is 6.61 Å². The Balaban J connectivity index is 2.06. The average molecular weight is 269 g/mol. The Kier molecular flexibility index (Phi) is 4.59. The summed E-state index contributed by atoms with van der Waals surface area (Å²) in [6, 6.07) is 16.2. The predicted molar refractivity (Wildman–Crippen MR) is 74.6 cm³/mol. The van der Waals surface area contributed by atoms with Gasteiger partial charge in [0.25, 0.3) is 0 Å². The molecule has 2 rings (SSSR count). The molecule has 1 unspecified atom stereocenters. The van der Waals surface area contributed by atoms with Gasteiger partial charge in [0.05, 0.1) is 18.7 Å². The van der Waals surface area contributed by atoms with Crippen LogP contribution < -0.4 is 9.47 Å². The van der Waals surface area contributed by atoms with Crippen LogP contribution in [0.25, 0.3) is 0 Å². The van der Waals surface area contributed by atoms with Crippen molar-refractivity contribution in [1.29, 1.82) is 5.26 Å². The zero-order valence-electron chi connectivity index (χ0n) is 11.1. The molecule has 0 saturated heterocycles. The molecule has 0 aliphatic heterocycles. The van der Waals surface area contributed by atoms with E-state index >= 15 is 0 Å². The van der Waals surface area contributed by atoms with Gasteiger partial charge in [-0.25, -0.2) is 0 Å². The van der Waals surface area contributed by atoms with Crippen LogP contribution in [0.1, 0.15) is 17.2 Å². The maximum Gasteiger partial charge on any atom is 0.124 e. The van der Waals surface area contributed by atoms with Gasteiger partial charge in [-0.1, -0.05) is 30.3 Å². The summed E-state index contributed by atoms with van der Waals surface area (Å²) in [5.41, 5.74) is 1.24. The minimum Gasteiger partial charge on any atom is -0.497 e. The maximum atomic E-state index is 10.0. The molecule has 102 valence electrons. The van der Waals surface area contributed by atoms with E-state index in [4.69, 9.17) is 14.7 Å². The molecule has 0 spiro atoms. The first kappa shape index (κ1) is 13.9. The van der Waals surface area contributed by atoms with Gasteiger partial charge in [-0.05, 0) is 17.7 Å². The Bertz CT molecular complexity index is 605. The van der Waals surface area contributed by atoms with E-state index in [0.29, 0.717) is 17.1 Å². The third kappa shape index (κ3) is 3.50. The highest BCUT2D eigenvalue weighted by Gasteiger charge is 2.09. The largest absolute Gasteiger partial charge is 0.497 e. The number of nitriles is 1. The normalized spacial score (nSPS) is 11.4. The summed E-state index contributed by atoms with van der Waals surface area (Å²) in [7, 11) is 1.53. The summed E-state index contributed by atoms with van der Waals surface area (Å²) in [6.45, 7) is 0.113. The molecule has 4 heteroatoms. The van der Waals surface area contributed by atoms with E-state index in [2.05, 4.69) is 0 Å². The lowest BCUT2D eigenvalue weighted by molar-refractivity contribution is 0.108. The van der Waals surface area contributed by atoms with Gasteiger partial charge in [0.2, 0.25) is 0 Å². The second kappa shape index (κ2) is 6.60. The number of aliphatic hydroxyl groups excluding tert-OH is 1. The zero-order chi connectivity index (χ0) is 14.4. The monoisotopic (exact) mass is 269 g/mol. The molecule has 0 aliphatic carbocycles. The smallest absolute Gasteiger partial charge is 0.124 e. The van der Waals surface area contributed by atoms with Crippen LogP contribution in [0.5, 0.6) is 11.5 Å². The quantitative estimate of drug-likeness (QED) is 0.906. The van der Waals surface area contributed by atoms with E-state index in [1.54, 1.807) is 18.2 Å². The van der Waals surface area contributed by atoms with Crippen LogP contribution in [0.4, 0.5) is 0 Å². The average Bonchev–Trinajstić information content (AvgIpc) is 2.53. The molecular weight excluding hydrogens is 254 g/mol. The van der Waals surface area contributed by atoms with E-state index in [9.17, 15) is 5.11 Å². The summed E-state index contributed by atoms with van der Waals surface area (Å²) < 4.78 is 10.6. The van der Waals surface area contributed by atoms with Crippen molar-refractivity contribution in [3.8, 4) is 17.6 Å². The third-order valence-electron chi connectivity index (χ3n) is 2.84. The second-order valence-corrected chi connectivity index (χ2v) is 4.25. The number of nitrogens with zero attached hydrogens (tertiary/aromatic N) is 1. The minimum atomic E-state index is -0.715. The molecule has 2 aromatic carbocycles. The maximum absolute atomic E-state index is 10.0. The fraction of sp³-hybridized carbons (Fsp3) is 0.188. The lowest BCUT2D eigenvalue weighted by atomic mass is 10.1. The summed E-state index contributed by atoms with van der Waals surface area (Å²) in [5, 5.41) is 18.9. The van der Waals surface area contributed by atoms with Crippen molar-refractivity contribution in [1.82, 2.24) is 0 Å². The Hall–Kier alpha value is -2.51. The standard InChI is InChI=1S/C16H15NO3/c1-19-14-7-12(10-17)8-15(9-14)20-11-16(18)13-5-3-2-4-6-13/h2-9,16,18H,11H2,1H3. The van der Waals surface area contributed by atoms with E-state index < -0.39 is 6.10 Å². The first-order chi connectivity index (χ1) is 9.72. The molecule has 1 atom stereocenters. The molecule has 1 N–H and O–H groups in total. The number of methoxy groups -OCH3 is 1. The SMILES string of the molecule is COc1cc(C#N)cc(OCC(O)c2ccccc2)c1. The van der Waals surface area contributed by atoms with Gasteiger partial charge in [0, 0.05) is 6.07 Å². The van der Waals surface area contributed by atoms with Crippen molar-refractivity contribution in [2.24, 2.45) is 0 Å². The van der Waals surface area contributed by atoms with Crippen LogP contribution >= 0.6 is 0 Å². The van der Waals surface area contributed by atoms with Gasteiger partial charge >= 0.3 is 0 Å². The fourth-order valence-electron chi connectivity index (χ4n) is 1.78. The van der Waals surface area contributed by atoms with Crippen molar-refractivity contribution in [3.63, 3.8) is 0 Å². The molecule has 0 amide bonds. The number of benzene rings is 2. The van der Waals surface area contributed by atoms with Gasteiger partial charge in [-0.15, -0.1) is 0 Å². The Morgan fingerprint density at radius 2 is 1.85 bits per heavy atom. The fourth-order valence-corrected chi connectivity index (χ4v) is 1.78. The lowest BCUT2D eigenvalue weighted by Gasteiger charge is -2.13. The highest BCUT2D eigenvalue weighted by molar-refractivity contribution is 5.43. The summed E-state index contributed by atoms with van der Waals surface area (Å²) >= 11 is 0. The van der Waals surface area contributed by atoms with Crippen LogP contribution in [-0.4, -0.2) is 18.8 Å². The molecule has 4 nitrogen and oxygen atoms in total. The minimum absolute atomic E-state index is 0.113. The van der Waals surface area contributed by atoms with Crippen molar-refractivity contribution >= 4 is 0 Å². The van der Waals surface area contributed by atoms with Crippen LogP contribution in [0.2, 0.25) is 0 Å². The molecule has 0 aliphatic rings. The van der Waals surface area contributed by atoms with E-state index in [1.807, 2.05) is 36.4 Å². The molecule has 20 heavy (non-hydrogen) atoms. The van der Waals surface area contributed by atoms with Crippen LogP contribution in [0.15, 0.2) is 48.5 Å². The van der Waals surface area contributed by atoms with Gasteiger partial charge in [-0.3, -0.25) is 0 Å². The first-order valence-electron chi connectivity index (χ1n) is 6.18. The molecule has 0 radical (unpaired) electrons. The topological polar surface area (TPSA) is 62.5 Å². The van der Waals surface area contributed by atoms with Gasteiger partial charge < -0.3 is 14.6 Å². The number of ether oxygens (including phenoxy) is 2. The highest BCUT2D eigenvalue weighted by atomic mass is 16.5. The Morgan fingerprint density at radius 1 is 1.15 bits per heavy atom. The second-order valence-electron chi connectivity index (χ2n) is 4.25. The molecule has 0 heterocycles. The third-order valence-corrected chi connectivity index (χ3v) is 2.84. The van der Waals surface area contributed by atoms with Gasteiger partial charge in [0.1, 0.15) is 24.2 Å². The van der Waals surface area contributed by atoms with Crippen LogP contribution in [0.3, 0.4) is 0 Å². The number of hydrogen-bond acceptors (Lipinski definition) is 4. The zero-order valence-corrected chi connectivity index (χ0v) is 11.1. The molecule has 2 aromatic rings. The van der Waals surface area contributed by atoms with E-state index in [0.717, 1.165) is 5.56 Å². The van der Waals surface area contributed by atoms with Gasteiger partial charge in [0.15, 0.2) is 0 Å². The molecule has 0 saturated carbocycles. The number of rotatable bonds is 5. The first-order valence-corrected chi connectivity index (χ1v) is 6.18.